The second-order valence-corrected chi connectivity index (χ2v) is 4.35. The molecule has 0 spiro atoms. The molecule has 2 heterocycles. The number of amides is 1. The molecule has 0 aliphatic rings. The lowest BCUT2D eigenvalue weighted by atomic mass is 10.2. The van der Waals surface area contributed by atoms with Crippen LogP contribution in [0.2, 0.25) is 0 Å². The molecule has 1 amide bonds. The maximum atomic E-state index is 11.7. The third-order valence-electron chi connectivity index (χ3n) is 2.27. The standard InChI is InChI=1S/C12H12N2O2S/c15-11-5-10(6-13-7-11)12(16)14-3-1-9-2-4-17-8-9/h2,4-8,15H,1,3H2,(H,14,16). The smallest absolute Gasteiger partial charge is 0.252 e. The van der Waals surface area contributed by atoms with Crippen molar-refractivity contribution in [2.24, 2.45) is 0 Å². The lowest BCUT2D eigenvalue weighted by molar-refractivity contribution is 0.0953. The first kappa shape index (κ1) is 11.6. The van der Waals surface area contributed by atoms with Gasteiger partial charge in [0.2, 0.25) is 0 Å². The monoisotopic (exact) mass is 248 g/mol. The molecule has 2 aromatic heterocycles. The molecule has 2 aromatic rings. The largest absolute Gasteiger partial charge is 0.506 e. The van der Waals surface area contributed by atoms with Gasteiger partial charge in [-0.3, -0.25) is 9.78 Å². The van der Waals surface area contributed by atoms with Crippen molar-refractivity contribution in [3.05, 3.63) is 46.4 Å². The van der Waals surface area contributed by atoms with Crippen LogP contribution in [0.15, 0.2) is 35.3 Å². The van der Waals surface area contributed by atoms with Crippen LogP contribution >= 0.6 is 11.3 Å². The summed E-state index contributed by atoms with van der Waals surface area (Å²) in [5, 5.41) is 16.0. The molecule has 0 unspecified atom stereocenters. The van der Waals surface area contributed by atoms with Crippen molar-refractivity contribution in [3.8, 4) is 5.75 Å². The summed E-state index contributed by atoms with van der Waals surface area (Å²) in [6.07, 6.45) is 3.53. The van der Waals surface area contributed by atoms with E-state index in [1.165, 1.54) is 24.0 Å². The maximum Gasteiger partial charge on any atom is 0.252 e. The minimum Gasteiger partial charge on any atom is -0.506 e. The molecule has 4 nitrogen and oxygen atoms in total. The molecule has 2 N–H and O–H groups in total. The lowest BCUT2D eigenvalue weighted by Crippen LogP contribution is -2.25. The van der Waals surface area contributed by atoms with Gasteiger partial charge in [0.25, 0.3) is 5.91 Å². The van der Waals surface area contributed by atoms with Crippen molar-refractivity contribution in [3.63, 3.8) is 0 Å². The summed E-state index contributed by atoms with van der Waals surface area (Å²) in [6, 6.07) is 3.43. The molecule has 5 heteroatoms. The number of hydrogen-bond donors (Lipinski definition) is 2. The van der Waals surface area contributed by atoms with E-state index in [2.05, 4.69) is 15.7 Å². The number of aromatic hydroxyl groups is 1. The van der Waals surface area contributed by atoms with E-state index in [9.17, 15) is 9.90 Å². The number of nitrogens with zero attached hydrogens (tertiary/aromatic N) is 1. The van der Waals surface area contributed by atoms with Crippen LogP contribution in [0.5, 0.6) is 5.75 Å². The lowest BCUT2D eigenvalue weighted by Gasteiger charge is -2.04. The average Bonchev–Trinajstić information content (AvgIpc) is 2.82. The highest BCUT2D eigenvalue weighted by Gasteiger charge is 2.05. The van der Waals surface area contributed by atoms with Crippen LogP contribution in [0.4, 0.5) is 0 Å². The second-order valence-electron chi connectivity index (χ2n) is 3.57. The Morgan fingerprint density at radius 3 is 3.06 bits per heavy atom. The van der Waals surface area contributed by atoms with Crippen molar-refractivity contribution < 1.29 is 9.90 Å². The summed E-state index contributed by atoms with van der Waals surface area (Å²) in [5.41, 5.74) is 1.58. The predicted molar refractivity (Wildman–Crippen MR) is 66.3 cm³/mol. The summed E-state index contributed by atoms with van der Waals surface area (Å²) in [6.45, 7) is 0.575. The predicted octanol–water partition coefficient (Wildman–Crippen LogP) is 1.82. The van der Waals surface area contributed by atoms with E-state index < -0.39 is 0 Å². The summed E-state index contributed by atoms with van der Waals surface area (Å²) in [5.74, 6) is -0.223. The average molecular weight is 248 g/mol. The van der Waals surface area contributed by atoms with Gasteiger partial charge in [-0.2, -0.15) is 11.3 Å². The molecule has 0 aliphatic heterocycles. The zero-order valence-corrected chi connectivity index (χ0v) is 9.91. The summed E-state index contributed by atoms with van der Waals surface area (Å²) in [7, 11) is 0. The summed E-state index contributed by atoms with van der Waals surface area (Å²) < 4.78 is 0. The number of carbonyl (C=O) groups excluding carboxylic acids is 1. The van der Waals surface area contributed by atoms with Gasteiger partial charge in [0.05, 0.1) is 11.8 Å². The van der Waals surface area contributed by atoms with Crippen LogP contribution in [0, 0.1) is 0 Å². The second kappa shape index (κ2) is 5.45. The minimum absolute atomic E-state index is 0.00418. The van der Waals surface area contributed by atoms with Gasteiger partial charge in [0.1, 0.15) is 5.75 Å². The Hall–Kier alpha value is -1.88. The number of aromatic nitrogens is 1. The first-order chi connectivity index (χ1) is 8.25. The Morgan fingerprint density at radius 2 is 2.35 bits per heavy atom. The van der Waals surface area contributed by atoms with Gasteiger partial charge in [0.15, 0.2) is 0 Å². The highest BCUT2D eigenvalue weighted by Crippen LogP contribution is 2.08. The molecular formula is C12H12N2O2S. The SMILES string of the molecule is O=C(NCCc1ccsc1)c1cncc(O)c1. The van der Waals surface area contributed by atoms with Crippen LogP contribution in [0.25, 0.3) is 0 Å². The van der Waals surface area contributed by atoms with Crippen LogP contribution in [0.1, 0.15) is 15.9 Å². The number of nitrogens with one attached hydrogen (secondary N) is 1. The van der Waals surface area contributed by atoms with E-state index in [0.29, 0.717) is 12.1 Å². The van der Waals surface area contributed by atoms with E-state index in [-0.39, 0.29) is 11.7 Å². The van der Waals surface area contributed by atoms with Gasteiger partial charge < -0.3 is 10.4 Å². The Kier molecular flexibility index (Phi) is 3.72. The van der Waals surface area contributed by atoms with Crippen molar-refractivity contribution in [2.75, 3.05) is 6.54 Å². The zero-order chi connectivity index (χ0) is 12.1. The van der Waals surface area contributed by atoms with Gasteiger partial charge in [-0.15, -0.1) is 0 Å². The first-order valence-electron chi connectivity index (χ1n) is 5.19. The maximum absolute atomic E-state index is 11.7. The van der Waals surface area contributed by atoms with Gasteiger partial charge in [-0.1, -0.05) is 0 Å². The van der Waals surface area contributed by atoms with Crippen molar-refractivity contribution in [1.29, 1.82) is 0 Å². The minimum atomic E-state index is -0.219. The molecule has 2 rings (SSSR count). The fourth-order valence-electron chi connectivity index (χ4n) is 1.41. The first-order valence-corrected chi connectivity index (χ1v) is 6.13. The molecule has 88 valence electrons. The zero-order valence-electron chi connectivity index (χ0n) is 9.09. The molecule has 0 bridgehead atoms. The number of hydrogen-bond acceptors (Lipinski definition) is 4. The van der Waals surface area contributed by atoms with E-state index in [0.717, 1.165) is 6.42 Å². The molecule has 0 atom stereocenters. The van der Waals surface area contributed by atoms with E-state index >= 15 is 0 Å². The van der Waals surface area contributed by atoms with E-state index in [4.69, 9.17) is 0 Å². The highest BCUT2D eigenvalue weighted by atomic mass is 32.1. The third kappa shape index (κ3) is 3.29. The molecule has 0 fully saturated rings. The summed E-state index contributed by atoms with van der Waals surface area (Å²) in [4.78, 5) is 15.4. The molecule has 0 saturated carbocycles. The highest BCUT2D eigenvalue weighted by molar-refractivity contribution is 7.07. The number of thiophene rings is 1. The Bertz CT molecular complexity index is 497. The molecular weight excluding hydrogens is 236 g/mol. The van der Waals surface area contributed by atoms with Crippen molar-refractivity contribution >= 4 is 17.2 Å². The quantitative estimate of drug-likeness (QED) is 0.867. The summed E-state index contributed by atoms with van der Waals surface area (Å²) >= 11 is 1.64. The molecule has 0 aliphatic carbocycles. The number of rotatable bonds is 4. The molecule has 0 aromatic carbocycles. The third-order valence-corrected chi connectivity index (χ3v) is 3.00. The number of carbonyl (C=O) groups is 1. The van der Waals surface area contributed by atoms with E-state index in [1.807, 2.05) is 11.4 Å². The van der Waals surface area contributed by atoms with Gasteiger partial charge in [0, 0.05) is 12.7 Å². The Morgan fingerprint density at radius 1 is 1.47 bits per heavy atom. The van der Waals surface area contributed by atoms with Crippen LogP contribution < -0.4 is 5.32 Å². The fourth-order valence-corrected chi connectivity index (χ4v) is 2.11. The molecule has 0 saturated heterocycles. The topological polar surface area (TPSA) is 62.2 Å². The Labute approximate surface area is 103 Å². The Balaban J connectivity index is 1.85. The fraction of sp³-hybridized carbons (Fsp3) is 0.167. The van der Waals surface area contributed by atoms with E-state index in [1.54, 1.807) is 11.3 Å². The van der Waals surface area contributed by atoms with Crippen LogP contribution in [-0.4, -0.2) is 22.5 Å². The number of pyridine rings is 1. The van der Waals surface area contributed by atoms with Gasteiger partial charge >= 0.3 is 0 Å². The van der Waals surface area contributed by atoms with Crippen molar-refractivity contribution in [1.82, 2.24) is 10.3 Å². The molecule has 0 radical (unpaired) electrons. The van der Waals surface area contributed by atoms with Crippen LogP contribution in [0.3, 0.4) is 0 Å². The van der Waals surface area contributed by atoms with Gasteiger partial charge in [-0.25, -0.2) is 0 Å². The van der Waals surface area contributed by atoms with Crippen molar-refractivity contribution in [2.45, 2.75) is 6.42 Å². The molecule has 17 heavy (non-hydrogen) atoms. The normalized spacial score (nSPS) is 10.1. The van der Waals surface area contributed by atoms with Gasteiger partial charge in [-0.05, 0) is 34.9 Å². The van der Waals surface area contributed by atoms with Crippen LogP contribution in [-0.2, 0) is 6.42 Å².